The molecule has 0 aromatic heterocycles. The van der Waals surface area contributed by atoms with E-state index in [9.17, 15) is 4.79 Å². The van der Waals surface area contributed by atoms with Crippen LogP contribution in [0.4, 0.5) is 0 Å². The number of carbonyl (C=O) groups excluding carboxylic acids is 1. The maximum absolute atomic E-state index is 12.2. The molecule has 0 heterocycles. The lowest BCUT2D eigenvalue weighted by Gasteiger charge is -2.19. The quantitative estimate of drug-likeness (QED) is 0.822. The molecule has 18 heavy (non-hydrogen) atoms. The predicted octanol–water partition coefficient (Wildman–Crippen LogP) is 3.84. The summed E-state index contributed by atoms with van der Waals surface area (Å²) < 4.78 is 0. The molecular formula is C15H22BrNO. The van der Waals surface area contributed by atoms with Crippen molar-refractivity contribution in [1.82, 2.24) is 5.32 Å². The van der Waals surface area contributed by atoms with Crippen LogP contribution in [0.2, 0.25) is 0 Å². The Balaban J connectivity index is 2.74. The molecule has 0 saturated carbocycles. The van der Waals surface area contributed by atoms with Crippen LogP contribution in [0.1, 0.15) is 41.8 Å². The van der Waals surface area contributed by atoms with Crippen LogP contribution in [0.5, 0.6) is 0 Å². The van der Waals surface area contributed by atoms with Crippen molar-refractivity contribution in [2.24, 2.45) is 5.92 Å². The van der Waals surface area contributed by atoms with Gasteiger partial charge >= 0.3 is 0 Å². The van der Waals surface area contributed by atoms with Gasteiger partial charge in [-0.25, -0.2) is 0 Å². The van der Waals surface area contributed by atoms with Crippen LogP contribution in [-0.2, 0) is 0 Å². The Morgan fingerprint density at radius 1 is 1.33 bits per heavy atom. The molecule has 1 unspecified atom stereocenters. The predicted molar refractivity (Wildman–Crippen MR) is 80.4 cm³/mol. The van der Waals surface area contributed by atoms with Gasteiger partial charge in [-0.3, -0.25) is 4.79 Å². The Labute approximate surface area is 118 Å². The van der Waals surface area contributed by atoms with Gasteiger partial charge in [0.25, 0.3) is 5.91 Å². The van der Waals surface area contributed by atoms with Gasteiger partial charge in [0.05, 0.1) is 0 Å². The van der Waals surface area contributed by atoms with E-state index in [1.807, 2.05) is 32.0 Å². The van der Waals surface area contributed by atoms with Crippen molar-refractivity contribution in [3.05, 3.63) is 34.9 Å². The summed E-state index contributed by atoms with van der Waals surface area (Å²) in [6.07, 6.45) is 0.988. The number of halogens is 1. The molecule has 1 atom stereocenters. The minimum absolute atomic E-state index is 0.0256. The zero-order valence-corrected chi connectivity index (χ0v) is 13.2. The molecular weight excluding hydrogens is 290 g/mol. The third-order valence-electron chi connectivity index (χ3n) is 2.90. The molecule has 0 fully saturated rings. The molecule has 1 aromatic rings. The molecule has 1 aromatic carbocycles. The van der Waals surface area contributed by atoms with Gasteiger partial charge in [0.1, 0.15) is 0 Å². The van der Waals surface area contributed by atoms with Crippen molar-refractivity contribution in [3.8, 4) is 0 Å². The summed E-state index contributed by atoms with van der Waals surface area (Å²) in [6.45, 7) is 8.35. The highest BCUT2D eigenvalue weighted by molar-refractivity contribution is 9.09. The summed E-state index contributed by atoms with van der Waals surface area (Å²) in [5.74, 6) is 0.601. The maximum atomic E-state index is 12.2. The van der Waals surface area contributed by atoms with E-state index in [-0.39, 0.29) is 11.9 Å². The molecule has 0 saturated heterocycles. The van der Waals surface area contributed by atoms with Crippen LogP contribution in [0.3, 0.4) is 0 Å². The van der Waals surface area contributed by atoms with Gasteiger partial charge in [-0.2, -0.15) is 0 Å². The van der Waals surface area contributed by atoms with Gasteiger partial charge < -0.3 is 5.32 Å². The van der Waals surface area contributed by atoms with Crippen molar-refractivity contribution < 1.29 is 4.79 Å². The fraction of sp³-hybridized carbons (Fsp3) is 0.533. The van der Waals surface area contributed by atoms with Gasteiger partial charge in [-0.05, 0) is 37.8 Å². The fourth-order valence-electron chi connectivity index (χ4n) is 2.06. The van der Waals surface area contributed by atoms with Crippen LogP contribution in [0.25, 0.3) is 0 Å². The summed E-state index contributed by atoms with van der Waals surface area (Å²) in [6, 6.07) is 6.12. The van der Waals surface area contributed by atoms with Crippen molar-refractivity contribution in [1.29, 1.82) is 0 Å². The molecule has 0 aliphatic carbocycles. The highest BCUT2D eigenvalue weighted by Crippen LogP contribution is 2.12. The molecule has 0 aliphatic heterocycles. The van der Waals surface area contributed by atoms with Gasteiger partial charge in [0, 0.05) is 16.9 Å². The van der Waals surface area contributed by atoms with Gasteiger partial charge in [-0.15, -0.1) is 0 Å². The first-order chi connectivity index (χ1) is 8.43. The van der Waals surface area contributed by atoms with E-state index in [1.54, 1.807) is 0 Å². The van der Waals surface area contributed by atoms with E-state index in [1.165, 1.54) is 5.56 Å². The van der Waals surface area contributed by atoms with E-state index in [0.717, 1.165) is 22.9 Å². The first-order valence-electron chi connectivity index (χ1n) is 6.38. The van der Waals surface area contributed by atoms with Crippen LogP contribution >= 0.6 is 15.9 Å². The van der Waals surface area contributed by atoms with Crippen molar-refractivity contribution in [3.63, 3.8) is 0 Å². The second kappa shape index (κ2) is 6.93. The molecule has 1 rings (SSSR count). The topological polar surface area (TPSA) is 29.1 Å². The molecule has 0 bridgehead atoms. The number of benzene rings is 1. The number of carbonyl (C=O) groups is 1. The Kier molecular flexibility index (Phi) is 5.86. The second-order valence-electron chi connectivity index (χ2n) is 5.27. The molecule has 0 radical (unpaired) electrons. The molecule has 2 nitrogen and oxygen atoms in total. The first-order valence-corrected chi connectivity index (χ1v) is 7.50. The third kappa shape index (κ3) is 4.45. The lowest BCUT2D eigenvalue weighted by molar-refractivity contribution is 0.0936. The number of amides is 1. The van der Waals surface area contributed by atoms with Crippen LogP contribution in [0.15, 0.2) is 18.2 Å². The lowest BCUT2D eigenvalue weighted by atomic mass is 10.0. The van der Waals surface area contributed by atoms with Crippen molar-refractivity contribution in [2.45, 2.75) is 40.2 Å². The lowest BCUT2D eigenvalue weighted by Crippen LogP contribution is -2.37. The minimum Gasteiger partial charge on any atom is -0.348 e. The third-order valence-corrected chi connectivity index (χ3v) is 3.69. The Bertz CT molecular complexity index is 415. The molecule has 0 spiro atoms. The summed E-state index contributed by atoms with van der Waals surface area (Å²) in [4.78, 5) is 12.2. The molecule has 100 valence electrons. The number of rotatable bonds is 5. The number of alkyl halides is 1. The molecule has 1 amide bonds. The van der Waals surface area contributed by atoms with E-state index in [2.05, 4.69) is 35.1 Å². The van der Waals surface area contributed by atoms with Crippen LogP contribution in [0, 0.1) is 19.8 Å². The van der Waals surface area contributed by atoms with Gasteiger partial charge in [0.2, 0.25) is 0 Å². The fourth-order valence-corrected chi connectivity index (χ4v) is 2.49. The number of hydrogen-bond donors (Lipinski definition) is 1. The number of aryl methyl sites for hydroxylation is 2. The van der Waals surface area contributed by atoms with E-state index in [0.29, 0.717) is 5.92 Å². The van der Waals surface area contributed by atoms with Gasteiger partial charge in [-0.1, -0.05) is 47.5 Å². The second-order valence-corrected chi connectivity index (χ2v) is 5.92. The average molecular weight is 312 g/mol. The standard InChI is InChI=1S/C15H22BrNO/c1-10(2)7-13(9-16)17-15(18)14-6-5-11(3)8-12(14)4/h5-6,8,10,13H,7,9H2,1-4H3,(H,17,18). The zero-order valence-electron chi connectivity index (χ0n) is 11.6. The SMILES string of the molecule is Cc1ccc(C(=O)NC(CBr)CC(C)C)c(C)c1. The maximum Gasteiger partial charge on any atom is 0.251 e. The summed E-state index contributed by atoms with van der Waals surface area (Å²) in [5, 5.41) is 3.88. The monoisotopic (exact) mass is 311 g/mol. The number of nitrogens with one attached hydrogen (secondary N) is 1. The highest BCUT2D eigenvalue weighted by Gasteiger charge is 2.15. The average Bonchev–Trinajstić information content (AvgIpc) is 2.27. The first kappa shape index (κ1) is 15.2. The van der Waals surface area contributed by atoms with Crippen molar-refractivity contribution in [2.75, 3.05) is 5.33 Å². The van der Waals surface area contributed by atoms with Gasteiger partial charge in [0.15, 0.2) is 0 Å². The van der Waals surface area contributed by atoms with E-state index < -0.39 is 0 Å². The highest BCUT2D eigenvalue weighted by atomic mass is 79.9. The smallest absolute Gasteiger partial charge is 0.251 e. The van der Waals surface area contributed by atoms with Crippen LogP contribution < -0.4 is 5.32 Å². The minimum atomic E-state index is 0.0256. The zero-order chi connectivity index (χ0) is 13.7. The Morgan fingerprint density at radius 2 is 2.00 bits per heavy atom. The Morgan fingerprint density at radius 3 is 2.50 bits per heavy atom. The summed E-state index contributed by atoms with van der Waals surface area (Å²) in [5.41, 5.74) is 2.99. The summed E-state index contributed by atoms with van der Waals surface area (Å²) >= 11 is 3.46. The van der Waals surface area contributed by atoms with Crippen molar-refractivity contribution >= 4 is 21.8 Å². The number of hydrogen-bond acceptors (Lipinski definition) is 1. The van der Waals surface area contributed by atoms with Crippen LogP contribution in [-0.4, -0.2) is 17.3 Å². The normalized spacial score (nSPS) is 12.6. The summed E-state index contributed by atoms with van der Waals surface area (Å²) in [7, 11) is 0. The van der Waals surface area contributed by atoms with E-state index >= 15 is 0 Å². The largest absolute Gasteiger partial charge is 0.348 e. The Hall–Kier alpha value is -0.830. The van der Waals surface area contributed by atoms with E-state index in [4.69, 9.17) is 0 Å². The molecule has 0 aliphatic rings. The molecule has 1 N–H and O–H groups in total. The molecule has 3 heteroatoms.